The molecule has 0 aliphatic rings. The van der Waals surface area contributed by atoms with Crippen molar-refractivity contribution in [3.63, 3.8) is 0 Å². The van der Waals surface area contributed by atoms with Gasteiger partial charge < -0.3 is 20.7 Å². The van der Waals surface area contributed by atoms with Crippen LogP contribution in [-0.2, 0) is 14.3 Å². The van der Waals surface area contributed by atoms with Gasteiger partial charge in [-0.2, -0.15) is 0 Å². The molecule has 160 valence electrons. The summed E-state index contributed by atoms with van der Waals surface area (Å²) in [7, 11) is 0. The van der Waals surface area contributed by atoms with Crippen LogP contribution in [0.4, 0.5) is 0 Å². The summed E-state index contributed by atoms with van der Waals surface area (Å²) >= 11 is 0. The van der Waals surface area contributed by atoms with Crippen LogP contribution in [0.5, 0.6) is 0 Å². The molecule has 0 heterocycles. The minimum atomic E-state index is -0.848. The number of ether oxygens (including phenoxy) is 1. The van der Waals surface area contributed by atoms with E-state index >= 15 is 0 Å². The topological polar surface area (TPSA) is 96.5 Å². The smallest absolute Gasteiger partial charge is 0.251 e. The number of carbonyl (C=O) groups excluding carboxylic acids is 3. The van der Waals surface area contributed by atoms with Crippen molar-refractivity contribution in [2.24, 2.45) is 0 Å². The standard InChI is InChI=1S/C23H29N3O4/c1-3-30-15-7-14-24-23(29)21(18-12-10-17(2)11-13-18)26-20(27)16-25-22(28)19-8-5-4-6-9-19/h4-6,8-13,21H,3,7,14-16H2,1-2H3,(H,24,29)(H,25,28)(H,26,27)/t21-/m0/s1. The maximum absolute atomic E-state index is 12.7. The van der Waals surface area contributed by atoms with E-state index in [0.29, 0.717) is 37.3 Å². The van der Waals surface area contributed by atoms with Gasteiger partial charge in [0.2, 0.25) is 11.8 Å². The molecule has 0 spiro atoms. The molecule has 7 nitrogen and oxygen atoms in total. The number of aryl methyl sites for hydroxylation is 1. The molecule has 2 aromatic rings. The third-order valence-electron chi connectivity index (χ3n) is 4.39. The number of benzene rings is 2. The Balaban J connectivity index is 1.96. The van der Waals surface area contributed by atoms with E-state index in [4.69, 9.17) is 4.74 Å². The highest BCUT2D eigenvalue weighted by Gasteiger charge is 2.22. The zero-order valence-electron chi connectivity index (χ0n) is 17.4. The van der Waals surface area contributed by atoms with Crippen LogP contribution < -0.4 is 16.0 Å². The van der Waals surface area contributed by atoms with Crippen molar-refractivity contribution in [1.82, 2.24) is 16.0 Å². The highest BCUT2D eigenvalue weighted by molar-refractivity contribution is 5.97. The second kappa shape index (κ2) is 12.4. The number of hydrogen-bond acceptors (Lipinski definition) is 4. The molecule has 1 atom stereocenters. The molecule has 2 aromatic carbocycles. The molecule has 0 aliphatic carbocycles. The first-order valence-corrected chi connectivity index (χ1v) is 10.1. The molecule has 0 fully saturated rings. The van der Waals surface area contributed by atoms with E-state index in [1.165, 1.54) is 0 Å². The lowest BCUT2D eigenvalue weighted by Gasteiger charge is -2.19. The summed E-state index contributed by atoms with van der Waals surface area (Å²) in [4.78, 5) is 37.2. The number of amides is 3. The van der Waals surface area contributed by atoms with Crippen LogP contribution in [0, 0.1) is 6.92 Å². The van der Waals surface area contributed by atoms with Gasteiger partial charge in [0, 0.05) is 25.3 Å². The van der Waals surface area contributed by atoms with E-state index in [1.807, 2.05) is 44.2 Å². The van der Waals surface area contributed by atoms with Crippen molar-refractivity contribution in [3.05, 3.63) is 71.3 Å². The lowest BCUT2D eigenvalue weighted by molar-refractivity contribution is -0.128. The molecule has 2 rings (SSSR count). The molecule has 0 saturated heterocycles. The number of carbonyl (C=O) groups is 3. The summed E-state index contributed by atoms with van der Waals surface area (Å²) in [6.07, 6.45) is 0.682. The van der Waals surface area contributed by atoms with Crippen LogP contribution in [-0.4, -0.2) is 44.0 Å². The van der Waals surface area contributed by atoms with Gasteiger partial charge in [-0.1, -0.05) is 48.0 Å². The fraction of sp³-hybridized carbons (Fsp3) is 0.348. The SMILES string of the molecule is CCOCCCNC(=O)[C@@H](NC(=O)CNC(=O)c1ccccc1)c1ccc(C)cc1. The van der Waals surface area contributed by atoms with E-state index in [9.17, 15) is 14.4 Å². The van der Waals surface area contributed by atoms with Crippen molar-refractivity contribution in [2.75, 3.05) is 26.3 Å². The molecule has 0 saturated carbocycles. The van der Waals surface area contributed by atoms with Gasteiger partial charge in [0.1, 0.15) is 6.04 Å². The van der Waals surface area contributed by atoms with Gasteiger partial charge in [-0.3, -0.25) is 14.4 Å². The molecule has 0 aliphatic heterocycles. The predicted molar refractivity (Wildman–Crippen MR) is 115 cm³/mol. The molecule has 3 N–H and O–H groups in total. The Hall–Kier alpha value is -3.19. The lowest BCUT2D eigenvalue weighted by atomic mass is 10.0. The van der Waals surface area contributed by atoms with Gasteiger partial charge in [-0.15, -0.1) is 0 Å². The predicted octanol–water partition coefficient (Wildman–Crippen LogP) is 2.13. The first-order valence-electron chi connectivity index (χ1n) is 10.1. The number of hydrogen-bond donors (Lipinski definition) is 3. The van der Waals surface area contributed by atoms with Gasteiger partial charge in [0.25, 0.3) is 5.91 Å². The Labute approximate surface area is 177 Å². The summed E-state index contributed by atoms with van der Waals surface area (Å²) < 4.78 is 5.27. The zero-order valence-corrected chi connectivity index (χ0v) is 17.4. The Bertz CT molecular complexity index is 822. The van der Waals surface area contributed by atoms with Gasteiger partial charge >= 0.3 is 0 Å². The third kappa shape index (κ3) is 7.67. The Morgan fingerprint density at radius 3 is 2.33 bits per heavy atom. The summed E-state index contributed by atoms with van der Waals surface area (Å²) in [5.41, 5.74) is 2.19. The number of nitrogens with one attached hydrogen (secondary N) is 3. The maximum Gasteiger partial charge on any atom is 0.251 e. The second-order valence-electron chi connectivity index (χ2n) is 6.80. The van der Waals surface area contributed by atoms with Crippen LogP contribution in [0.2, 0.25) is 0 Å². The molecule has 0 radical (unpaired) electrons. The van der Waals surface area contributed by atoms with E-state index < -0.39 is 11.9 Å². The molecule has 30 heavy (non-hydrogen) atoms. The quantitative estimate of drug-likeness (QED) is 0.494. The summed E-state index contributed by atoms with van der Waals surface area (Å²) in [5.74, 6) is -1.11. The summed E-state index contributed by atoms with van der Waals surface area (Å²) in [6.45, 7) is 5.27. The largest absolute Gasteiger partial charge is 0.382 e. The normalized spacial score (nSPS) is 11.4. The van der Waals surface area contributed by atoms with Gasteiger partial charge in [0.05, 0.1) is 6.54 Å². The molecule has 3 amide bonds. The Kier molecular flexibility index (Phi) is 9.54. The minimum absolute atomic E-state index is 0.228. The fourth-order valence-corrected chi connectivity index (χ4v) is 2.76. The van der Waals surface area contributed by atoms with Crippen molar-refractivity contribution in [2.45, 2.75) is 26.3 Å². The van der Waals surface area contributed by atoms with E-state index in [1.54, 1.807) is 24.3 Å². The highest BCUT2D eigenvalue weighted by Crippen LogP contribution is 2.14. The lowest BCUT2D eigenvalue weighted by Crippen LogP contribution is -2.44. The zero-order chi connectivity index (χ0) is 21.8. The van der Waals surface area contributed by atoms with E-state index in [0.717, 1.165) is 5.56 Å². The van der Waals surface area contributed by atoms with Crippen molar-refractivity contribution in [3.8, 4) is 0 Å². The van der Waals surface area contributed by atoms with Crippen LogP contribution in [0.3, 0.4) is 0 Å². The maximum atomic E-state index is 12.7. The van der Waals surface area contributed by atoms with Crippen molar-refractivity contribution < 1.29 is 19.1 Å². The van der Waals surface area contributed by atoms with Crippen molar-refractivity contribution >= 4 is 17.7 Å². The second-order valence-corrected chi connectivity index (χ2v) is 6.80. The first-order chi connectivity index (χ1) is 14.5. The van der Waals surface area contributed by atoms with Crippen LogP contribution >= 0.6 is 0 Å². The molecular weight excluding hydrogens is 382 g/mol. The fourth-order valence-electron chi connectivity index (χ4n) is 2.76. The van der Waals surface area contributed by atoms with E-state index in [2.05, 4.69) is 16.0 Å². The molecule has 0 aromatic heterocycles. The number of rotatable bonds is 11. The average molecular weight is 412 g/mol. The molecular formula is C23H29N3O4. The molecule has 0 bridgehead atoms. The first kappa shape index (κ1) is 23.1. The highest BCUT2D eigenvalue weighted by atomic mass is 16.5. The van der Waals surface area contributed by atoms with Crippen LogP contribution in [0.15, 0.2) is 54.6 Å². The molecule has 0 unspecified atom stereocenters. The van der Waals surface area contributed by atoms with Crippen molar-refractivity contribution in [1.29, 1.82) is 0 Å². The third-order valence-corrected chi connectivity index (χ3v) is 4.39. The Morgan fingerprint density at radius 2 is 1.67 bits per heavy atom. The van der Waals surface area contributed by atoms with Gasteiger partial charge in [-0.05, 0) is 38.0 Å². The molecule has 7 heteroatoms. The summed E-state index contributed by atoms with van der Waals surface area (Å²) in [5, 5.41) is 8.12. The average Bonchev–Trinajstić information content (AvgIpc) is 2.77. The van der Waals surface area contributed by atoms with Crippen LogP contribution in [0.1, 0.15) is 40.9 Å². The van der Waals surface area contributed by atoms with Gasteiger partial charge in [-0.25, -0.2) is 0 Å². The van der Waals surface area contributed by atoms with Gasteiger partial charge in [0.15, 0.2) is 0 Å². The van der Waals surface area contributed by atoms with E-state index in [-0.39, 0.29) is 18.4 Å². The minimum Gasteiger partial charge on any atom is -0.382 e. The summed E-state index contributed by atoms with van der Waals surface area (Å²) in [6, 6.07) is 15.2. The monoisotopic (exact) mass is 411 g/mol. The van der Waals surface area contributed by atoms with Crippen LogP contribution in [0.25, 0.3) is 0 Å². The Morgan fingerprint density at radius 1 is 0.967 bits per heavy atom.